The van der Waals surface area contributed by atoms with Crippen LogP contribution in [0.2, 0.25) is 0 Å². The minimum Gasteiger partial charge on any atom is -0.443 e. The Kier molecular flexibility index (Phi) is 7.55. The van der Waals surface area contributed by atoms with Gasteiger partial charge in [-0.05, 0) is 58.4 Å². The van der Waals surface area contributed by atoms with Crippen molar-refractivity contribution in [1.82, 2.24) is 15.2 Å². The molecule has 1 N–H and O–H groups in total. The Balaban J connectivity index is 1.80. The van der Waals surface area contributed by atoms with Crippen LogP contribution in [0.25, 0.3) is 10.9 Å². The highest BCUT2D eigenvalue weighted by Crippen LogP contribution is 2.17. The summed E-state index contributed by atoms with van der Waals surface area (Å²) in [6.07, 6.45) is 1.05. The Morgan fingerprint density at radius 1 is 1.03 bits per heavy atom. The summed E-state index contributed by atoms with van der Waals surface area (Å²) < 4.78 is 5.37. The van der Waals surface area contributed by atoms with E-state index in [1.54, 1.807) is 33.8 Å². The highest BCUT2D eigenvalue weighted by atomic mass is 16.6. The summed E-state index contributed by atoms with van der Waals surface area (Å²) in [4.78, 5) is 44.2. The number of para-hydroxylation sites is 1. The Labute approximate surface area is 193 Å². The normalized spacial score (nSPS) is 12.2. The molecule has 7 nitrogen and oxygen atoms in total. The fourth-order valence-electron chi connectivity index (χ4n) is 3.26. The van der Waals surface area contributed by atoms with Crippen molar-refractivity contribution in [2.24, 2.45) is 0 Å². The van der Waals surface area contributed by atoms with Gasteiger partial charge >= 0.3 is 6.09 Å². The minimum atomic E-state index is -1.01. The second-order valence-corrected chi connectivity index (χ2v) is 8.79. The molecule has 0 spiro atoms. The lowest BCUT2D eigenvalue weighted by Gasteiger charge is -2.27. The summed E-state index contributed by atoms with van der Waals surface area (Å²) in [6.45, 7) is 7.16. The van der Waals surface area contributed by atoms with Crippen LogP contribution in [0.3, 0.4) is 0 Å². The van der Waals surface area contributed by atoms with Crippen LogP contribution in [-0.2, 0) is 16.0 Å². The number of nitrogens with one attached hydrogen (secondary N) is 1. The van der Waals surface area contributed by atoms with Gasteiger partial charge in [-0.15, -0.1) is 0 Å². The molecule has 0 fully saturated rings. The lowest BCUT2D eigenvalue weighted by atomic mass is 10.1. The molecular formula is C26H29N3O4. The van der Waals surface area contributed by atoms with Gasteiger partial charge in [0.25, 0.3) is 11.8 Å². The van der Waals surface area contributed by atoms with Gasteiger partial charge in [-0.2, -0.15) is 4.90 Å². The second-order valence-electron chi connectivity index (χ2n) is 8.79. The van der Waals surface area contributed by atoms with E-state index in [2.05, 4.69) is 10.3 Å². The quantitative estimate of drug-likeness (QED) is 0.604. The lowest BCUT2D eigenvalue weighted by Crippen LogP contribution is -2.52. The standard InChI is InChI=1S/C26H29N3O4/c1-18(27-15-14-19-10-6-5-7-11-19)23(30)29(25(32)33-26(2,3)4)24(31)21-16-20-12-8-9-13-22(20)28-17-21/h5-13,16-18,27H,14-15H2,1-4H3/t18-/m0/s1. The average Bonchev–Trinajstić information content (AvgIpc) is 2.78. The molecule has 1 heterocycles. The van der Waals surface area contributed by atoms with E-state index in [1.165, 1.54) is 6.20 Å². The number of carbonyl (C=O) groups is 3. The summed E-state index contributed by atoms with van der Waals surface area (Å²) >= 11 is 0. The van der Waals surface area contributed by atoms with Crippen molar-refractivity contribution < 1.29 is 19.1 Å². The Hall–Kier alpha value is -3.58. The Morgan fingerprint density at radius 3 is 2.39 bits per heavy atom. The van der Waals surface area contributed by atoms with Crippen molar-refractivity contribution in [1.29, 1.82) is 0 Å². The predicted octanol–water partition coefficient (Wildman–Crippen LogP) is 4.36. The van der Waals surface area contributed by atoms with Crippen molar-refractivity contribution in [2.75, 3.05) is 6.54 Å². The number of hydrogen-bond donors (Lipinski definition) is 1. The molecule has 0 bridgehead atoms. The highest BCUT2D eigenvalue weighted by molar-refractivity contribution is 6.16. The van der Waals surface area contributed by atoms with E-state index in [9.17, 15) is 14.4 Å². The van der Waals surface area contributed by atoms with Crippen LogP contribution in [0.15, 0.2) is 66.9 Å². The summed E-state index contributed by atoms with van der Waals surface area (Å²) in [7, 11) is 0. The molecule has 0 aliphatic rings. The molecule has 7 heteroatoms. The van der Waals surface area contributed by atoms with Crippen LogP contribution in [0.1, 0.15) is 43.6 Å². The van der Waals surface area contributed by atoms with Crippen LogP contribution in [0.5, 0.6) is 0 Å². The topological polar surface area (TPSA) is 88.6 Å². The molecule has 33 heavy (non-hydrogen) atoms. The van der Waals surface area contributed by atoms with E-state index in [4.69, 9.17) is 4.74 Å². The van der Waals surface area contributed by atoms with E-state index < -0.39 is 29.6 Å². The number of hydrogen-bond acceptors (Lipinski definition) is 6. The Morgan fingerprint density at radius 2 is 1.70 bits per heavy atom. The van der Waals surface area contributed by atoms with E-state index in [1.807, 2.05) is 54.6 Å². The molecule has 0 aliphatic carbocycles. The van der Waals surface area contributed by atoms with Gasteiger partial charge in [-0.1, -0.05) is 48.5 Å². The van der Waals surface area contributed by atoms with Crippen molar-refractivity contribution in [3.05, 3.63) is 78.0 Å². The number of amides is 3. The molecule has 1 aromatic heterocycles. The molecule has 0 aliphatic heterocycles. The second kappa shape index (κ2) is 10.4. The maximum atomic E-state index is 13.3. The van der Waals surface area contributed by atoms with Gasteiger partial charge in [-0.25, -0.2) is 4.79 Å². The molecule has 0 saturated heterocycles. The van der Waals surface area contributed by atoms with Crippen molar-refractivity contribution in [3.63, 3.8) is 0 Å². The van der Waals surface area contributed by atoms with Crippen LogP contribution in [-0.4, -0.2) is 46.0 Å². The summed E-state index contributed by atoms with van der Waals surface area (Å²) in [5, 5.41) is 3.83. The first-order chi connectivity index (χ1) is 15.7. The third kappa shape index (κ3) is 6.46. The van der Waals surface area contributed by atoms with Crippen LogP contribution < -0.4 is 5.32 Å². The van der Waals surface area contributed by atoms with Crippen LogP contribution >= 0.6 is 0 Å². The van der Waals surface area contributed by atoms with Gasteiger partial charge in [0.1, 0.15) is 5.60 Å². The number of benzene rings is 2. The maximum Gasteiger partial charge on any atom is 0.424 e. The van der Waals surface area contributed by atoms with Gasteiger partial charge in [0, 0.05) is 11.6 Å². The number of nitrogens with zero attached hydrogens (tertiary/aromatic N) is 2. The summed E-state index contributed by atoms with van der Waals surface area (Å²) in [5.74, 6) is -1.46. The Bertz CT molecular complexity index is 1140. The van der Waals surface area contributed by atoms with Gasteiger partial charge in [0.2, 0.25) is 0 Å². The number of aromatic nitrogens is 1. The molecule has 172 valence electrons. The number of imide groups is 3. The molecule has 3 amide bonds. The van der Waals surface area contributed by atoms with Crippen LogP contribution in [0, 0.1) is 0 Å². The van der Waals surface area contributed by atoms with E-state index in [0.29, 0.717) is 23.4 Å². The van der Waals surface area contributed by atoms with Crippen molar-refractivity contribution in [3.8, 4) is 0 Å². The molecule has 0 radical (unpaired) electrons. The minimum absolute atomic E-state index is 0.129. The smallest absolute Gasteiger partial charge is 0.424 e. The monoisotopic (exact) mass is 447 g/mol. The molecule has 0 saturated carbocycles. The van der Waals surface area contributed by atoms with Gasteiger partial charge < -0.3 is 10.1 Å². The predicted molar refractivity (Wildman–Crippen MR) is 127 cm³/mol. The summed E-state index contributed by atoms with van der Waals surface area (Å²) in [6, 6.07) is 18.0. The molecule has 0 unspecified atom stereocenters. The third-order valence-electron chi connectivity index (χ3n) is 4.91. The number of pyridine rings is 1. The molecule has 1 atom stereocenters. The zero-order chi connectivity index (χ0) is 24.0. The van der Waals surface area contributed by atoms with Gasteiger partial charge in [0.15, 0.2) is 0 Å². The zero-order valence-corrected chi connectivity index (χ0v) is 19.4. The highest BCUT2D eigenvalue weighted by Gasteiger charge is 2.36. The maximum absolute atomic E-state index is 13.3. The molecule has 2 aromatic carbocycles. The summed E-state index contributed by atoms with van der Waals surface area (Å²) in [5.41, 5.74) is 1.08. The van der Waals surface area contributed by atoms with Gasteiger partial charge in [0.05, 0.1) is 17.1 Å². The number of ether oxygens (including phenoxy) is 1. The average molecular weight is 448 g/mol. The number of carbonyl (C=O) groups excluding carboxylic acids is 3. The fraction of sp³-hybridized carbons (Fsp3) is 0.308. The molecule has 3 rings (SSSR count). The van der Waals surface area contributed by atoms with Crippen LogP contribution in [0.4, 0.5) is 4.79 Å². The number of fused-ring (bicyclic) bond motifs is 1. The van der Waals surface area contributed by atoms with E-state index in [0.717, 1.165) is 10.9 Å². The zero-order valence-electron chi connectivity index (χ0n) is 19.4. The largest absolute Gasteiger partial charge is 0.443 e. The van der Waals surface area contributed by atoms with Crippen molar-refractivity contribution in [2.45, 2.75) is 45.8 Å². The SMILES string of the molecule is C[C@H](NCCc1ccccc1)C(=O)N(C(=O)OC(C)(C)C)C(=O)c1cnc2ccccc2c1. The van der Waals surface area contributed by atoms with E-state index in [-0.39, 0.29) is 5.56 Å². The first-order valence-electron chi connectivity index (χ1n) is 10.9. The molecule has 3 aromatic rings. The van der Waals surface area contributed by atoms with Crippen molar-refractivity contribution >= 4 is 28.8 Å². The first kappa shape index (κ1) is 24.1. The van der Waals surface area contributed by atoms with E-state index >= 15 is 0 Å². The third-order valence-corrected chi connectivity index (χ3v) is 4.91. The number of rotatable bonds is 6. The van der Waals surface area contributed by atoms with Gasteiger partial charge in [-0.3, -0.25) is 14.6 Å². The lowest BCUT2D eigenvalue weighted by molar-refractivity contribution is -0.129. The first-order valence-corrected chi connectivity index (χ1v) is 10.9. The fourth-order valence-corrected chi connectivity index (χ4v) is 3.26. The molecular weight excluding hydrogens is 418 g/mol.